The normalized spacial score (nSPS) is 10.1. The second-order valence-electron chi connectivity index (χ2n) is 5.59. The summed E-state index contributed by atoms with van der Waals surface area (Å²) in [4.78, 5) is 35.8. The topological polar surface area (TPSA) is 90.9 Å². The van der Waals surface area contributed by atoms with E-state index >= 15 is 0 Å². The Hall–Kier alpha value is -3.00. The molecular weight excluding hydrogens is 382 g/mol. The molecule has 148 valence electrons. The number of hydrogen-bond acceptors (Lipinski definition) is 7. The Morgan fingerprint density at radius 1 is 0.964 bits per heavy atom. The lowest BCUT2D eigenvalue weighted by Gasteiger charge is -2.07. The van der Waals surface area contributed by atoms with Gasteiger partial charge in [0.1, 0.15) is 5.75 Å². The molecule has 0 aromatic heterocycles. The van der Waals surface area contributed by atoms with Crippen LogP contribution in [0.15, 0.2) is 53.4 Å². The third-order valence-corrected chi connectivity index (χ3v) is 4.63. The van der Waals surface area contributed by atoms with Crippen LogP contribution in [0.25, 0.3) is 0 Å². The summed E-state index contributed by atoms with van der Waals surface area (Å²) < 4.78 is 14.7. The number of nitrogens with one attached hydrogen (secondary N) is 1. The molecule has 0 saturated heterocycles. The number of amides is 1. The van der Waals surface area contributed by atoms with Gasteiger partial charge in [0.15, 0.2) is 6.61 Å². The molecule has 0 aliphatic rings. The van der Waals surface area contributed by atoms with Crippen LogP contribution in [0, 0.1) is 0 Å². The molecule has 0 spiro atoms. The maximum Gasteiger partial charge on any atom is 0.337 e. The molecule has 0 aliphatic heterocycles. The summed E-state index contributed by atoms with van der Waals surface area (Å²) in [5.74, 6) is -0.453. The molecule has 7 nitrogen and oxygen atoms in total. The van der Waals surface area contributed by atoms with Crippen molar-refractivity contribution in [1.29, 1.82) is 0 Å². The van der Waals surface area contributed by atoms with E-state index in [1.807, 2.05) is 12.1 Å². The number of hydrogen-bond donors (Lipinski definition) is 1. The molecule has 2 aromatic rings. The highest BCUT2D eigenvalue weighted by Gasteiger charge is 2.09. The number of rotatable bonds is 9. The molecular formula is C20H21NO6S. The molecule has 1 amide bonds. The number of carbonyl (C=O) groups is 3. The van der Waals surface area contributed by atoms with Gasteiger partial charge in [-0.15, -0.1) is 11.8 Å². The molecule has 2 aromatic carbocycles. The lowest BCUT2D eigenvalue weighted by Crippen LogP contribution is -2.28. The van der Waals surface area contributed by atoms with Crippen molar-refractivity contribution >= 4 is 29.6 Å². The number of ether oxygens (including phenoxy) is 3. The Morgan fingerprint density at radius 2 is 1.64 bits per heavy atom. The van der Waals surface area contributed by atoms with Gasteiger partial charge in [0.2, 0.25) is 0 Å². The zero-order chi connectivity index (χ0) is 20.4. The first-order chi connectivity index (χ1) is 13.5. The third-order valence-electron chi connectivity index (χ3n) is 3.65. The monoisotopic (exact) mass is 403 g/mol. The van der Waals surface area contributed by atoms with E-state index in [0.29, 0.717) is 5.56 Å². The lowest BCUT2D eigenvalue weighted by atomic mass is 10.1. The molecule has 0 radical (unpaired) electrons. The van der Waals surface area contributed by atoms with E-state index in [1.165, 1.54) is 18.9 Å². The Bertz CT molecular complexity index is 804. The van der Waals surface area contributed by atoms with Crippen molar-refractivity contribution in [3.8, 4) is 5.75 Å². The van der Waals surface area contributed by atoms with Crippen LogP contribution in [0.5, 0.6) is 5.75 Å². The second kappa shape index (κ2) is 11.0. The van der Waals surface area contributed by atoms with E-state index in [2.05, 4.69) is 10.1 Å². The van der Waals surface area contributed by atoms with Crippen LogP contribution in [0.1, 0.15) is 15.9 Å². The fourth-order valence-electron chi connectivity index (χ4n) is 2.13. The highest BCUT2D eigenvalue weighted by atomic mass is 32.2. The average molecular weight is 403 g/mol. The molecule has 8 heteroatoms. The predicted molar refractivity (Wildman–Crippen MR) is 104 cm³/mol. The number of methoxy groups -OCH3 is 2. The summed E-state index contributed by atoms with van der Waals surface area (Å²) in [5, 5.41) is 2.65. The van der Waals surface area contributed by atoms with Crippen molar-refractivity contribution in [3.05, 3.63) is 59.7 Å². The van der Waals surface area contributed by atoms with Gasteiger partial charge in [0.25, 0.3) is 5.91 Å². The van der Waals surface area contributed by atoms with Gasteiger partial charge in [0, 0.05) is 11.4 Å². The molecule has 1 N–H and O–H groups in total. The first-order valence-electron chi connectivity index (χ1n) is 8.38. The van der Waals surface area contributed by atoms with Crippen LogP contribution in [-0.4, -0.2) is 44.4 Å². The van der Waals surface area contributed by atoms with Crippen molar-refractivity contribution in [2.24, 2.45) is 0 Å². The summed E-state index contributed by atoms with van der Waals surface area (Å²) in [5.41, 5.74) is 1.24. The molecule has 0 saturated carbocycles. The van der Waals surface area contributed by atoms with Crippen molar-refractivity contribution in [3.63, 3.8) is 0 Å². The van der Waals surface area contributed by atoms with Crippen LogP contribution in [0.2, 0.25) is 0 Å². The average Bonchev–Trinajstić information content (AvgIpc) is 2.74. The first kappa shape index (κ1) is 21.3. The standard InChI is InChI=1S/C20H21NO6S/c1-25-16-7-9-17(10-8-16)28-13-19(23)27-12-18(22)21-11-14-3-5-15(6-4-14)20(24)26-2/h3-10H,11-13H2,1-2H3,(H,21,22). The zero-order valence-corrected chi connectivity index (χ0v) is 16.4. The highest BCUT2D eigenvalue weighted by molar-refractivity contribution is 8.00. The molecule has 0 aliphatic carbocycles. The van der Waals surface area contributed by atoms with Gasteiger partial charge in [-0.2, -0.15) is 0 Å². The van der Waals surface area contributed by atoms with E-state index in [9.17, 15) is 14.4 Å². The predicted octanol–water partition coefficient (Wildman–Crippen LogP) is 2.43. The highest BCUT2D eigenvalue weighted by Crippen LogP contribution is 2.21. The molecule has 0 heterocycles. The zero-order valence-electron chi connectivity index (χ0n) is 15.6. The van der Waals surface area contributed by atoms with Crippen LogP contribution >= 0.6 is 11.8 Å². The summed E-state index contributed by atoms with van der Waals surface area (Å²) in [6, 6.07) is 13.9. The molecule has 28 heavy (non-hydrogen) atoms. The fourth-order valence-corrected chi connectivity index (χ4v) is 2.83. The van der Waals surface area contributed by atoms with E-state index in [1.54, 1.807) is 43.5 Å². The molecule has 0 unspecified atom stereocenters. The number of esters is 2. The summed E-state index contributed by atoms with van der Waals surface area (Å²) >= 11 is 1.32. The fraction of sp³-hybridized carbons (Fsp3) is 0.250. The van der Waals surface area contributed by atoms with Gasteiger partial charge in [-0.05, 0) is 42.0 Å². The second-order valence-corrected chi connectivity index (χ2v) is 6.64. The quantitative estimate of drug-likeness (QED) is 0.508. The van der Waals surface area contributed by atoms with E-state index < -0.39 is 17.8 Å². The number of benzene rings is 2. The van der Waals surface area contributed by atoms with E-state index in [-0.39, 0.29) is 18.9 Å². The Kier molecular flexibility index (Phi) is 8.36. The lowest BCUT2D eigenvalue weighted by molar-refractivity contribution is -0.145. The summed E-state index contributed by atoms with van der Waals surface area (Å²) in [7, 11) is 2.90. The minimum absolute atomic E-state index is 0.106. The molecule has 0 bridgehead atoms. The van der Waals surface area contributed by atoms with Gasteiger partial charge >= 0.3 is 11.9 Å². The summed E-state index contributed by atoms with van der Waals surface area (Å²) in [6.45, 7) is -0.0827. The van der Waals surface area contributed by atoms with E-state index in [4.69, 9.17) is 9.47 Å². The Morgan fingerprint density at radius 3 is 2.25 bits per heavy atom. The van der Waals surface area contributed by atoms with Gasteiger partial charge in [0.05, 0.1) is 25.5 Å². The Balaban J connectivity index is 1.67. The van der Waals surface area contributed by atoms with E-state index in [0.717, 1.165) is 16.2 Å². The van der Waals surface area contributed by atoms with Crippen molar-refractivity contribution in [1.82, 2.24) is 5.32 Å². The van der Waals surface area contributed by atoms with Crippen molar-refractivity contribution in [2.75, 3.05) is 26.6 Å². The first-order valence-corrected chi connectivity index (χ1v) is 9.37. The van der Waals surface area contributed by atoms with Crippen molar-refractivity contribution in [2.45, 2.75) is 11.4 Å². The largest absolute Gasteiger partial charge is 0.497 e. The maximum atomic E-state index is 11.8. The van der Waals surface area contributed by atoms with Gasteiger partial charge in [-0.25, -0.2) is 4.79 Å². The van der Waals surface area contributed by atoms with Gasteiger partial charge in [-0.3, -0.25) is 9.59 Å². The SMILES string of the molecule is COC(=O)c1ccc(CNC(=O)COC(=O)CSc2ccc(OC)cc2)cc1. The smallest absolute Gasteiger partial charge is 0.337 e. The number of thioether (sulfide) groups is 1. The molecule has 2 rings (SSSR count). The maximum absolute atomic E-state index is 11.8. The van der Waals surface area contributed by atoms with Crippen LogP contribution < -0.4 is 10.1 Å². The summed E-state index contributed by atoms with van der Waals surface area (Å²) in [6.07, 6.45) is 0. The number of carbonyl (C=O) groups excluding carboxylic acids is 3. The molecule has 0 atom stereocenters. The van der Waals surface area contributed by atoms with Crippen LogP contribution in [0.3, 0.4) is 0 Å². The minimum atomic E-state index is -0.474. The Labute approximate surface area is 167 Å². The van der Waals surface area contributed by atoms with Gasteiger partial charge < -0.3 is 19.5 Å². The molecule has 0 fully saturated rings. The van der Waals surface area contributed by atoms with Crippen LogP contribution in [-0.2, 0) is 25.6 Å². The third kappa shape index (κ3) is 6.96. The van der Waals surface area contributed by atoms with Gasteiger partial charge in [-0.1, -0.05) is 12.1 Å². The van der Waals surface area contributed by atoms with Crippen LogP contribution in [0.4, 0.5) is 0 Å². The minimum Gasteiger partial charge on any atom is -0.497 e. The van der Waals surface area contributed by atoms with Crippen molar-refractivity contribution < 1.29 is 28.6 Å².